The molecule has 0 radical (unpaired) electrons. The number of benzene rings is 1. The van der Waals surface area contributed by atoms with Gasteiger partial charge in [-0.3, -0.25) is 0 Å². The molecule has 2 aromatic rings. The van der Waals surface area contributed by atoms with E-state index in [1.54, 1.807) is 6.26 Å². The van der Waals surface area contributed by atoms with Gasteiger partial charge in [0.15, 0.2) is 0 Å². The molecule has 2 N–H and O–H groups in total. The molecular weight excluding hydrogens is 254 g/mol. The molecule has 0 saturated heterocycles. The monoisotopic (exact) mass is 265 g/mol. The molecule has 3 heteroatoms. The molecule has 0 aliphatic heterocycles. The molecule has 0 amide bonds. The van der Waals surface area contributed by atoms with Gasteiger partial charge in [0.05, 0.1) is 12.3 Å². The molecule has 0 bridgehead atoms. The van der Waals surface area contributed by atoms with E-state index in [-0.39, 0.29) is 6.04 Å². The van der Waals surface area contributed by atoms with Crippen LogP contribution in [-0.4, -0.2) is 0 Å². The summed E-state index contributed by atoms with van der Waals surface area (Å²) in [5.74, 6) is 0.779. The van der Waals surface area contributed by atoms with Gasteiger partial charge in [-0.15, -0.1) is 0 Å². The van der Waals surface area contributed by atoms with Crippen molar-refractivity contribution >= 4 is 15.9 Å². The molecule has 1 heterocycles. The molecule has 0 aliphatic carbocycles. The Morgan fingerprint density at radius 2 is 2.13 bits per heavy atom. The predicted octanol–water partition coefficient (Wildman–Crippen LogP) is 3.40. The molecule has 1 aromatic heterocycles. The average molecular weight is 266 g/mol. The van der Waals surface area contributed by atoms with Crippen molar-refractivity contribution in [2.75, 3.05) is 0 Å². The van der Waals surface area contributed by atoms with Gasteiger partial charge in [-0.05, 0) is 30.7 Å². The van der Waals surface area contributed by atoms with Crippen LogP contribution in [0.15, 0.2) is 45.5 Å². The molecule has 2 rings (SSSR count). The summed E-state index contributed by atoms with van der Waals surface area (Å²) in [7, 11) is 0. The first-order valence-corrected chi connectivity index (χ1v) is 5.53. The quantitative estimate of drug-likeness (QED) is 0.904. The molecule has 78 valence electrons. The Balaban J connectivity index is 2.41. The van der Waals surface area contributed by atoms with Crippen molar-refractivity contribution in [1.82, 2.24) is 0 Å². The van der Waals surface area contributed by atoms with Crippen molar-refractivity contribution < 1.29 is 4.42 Å². The van der Waals surface area contributed by atoms with Crippen molar-refractivity contribution in [3.8, 4) is 0 Å². The summed E-state index contributed by atoms with van der Waals surface area (Å²) in [6.45, 7) is 2.05. The summed E-state index contributed by atoms with van der Waals surface area (Å²) < 4.78 is 6.31. The number of nitrogens with two attached hydrogens (primary N) is 1. The van der Waals surface area contributed by atoms with Crippen LogP contribution in [0, 0.1) is 6.92 Å². The van der Waals surface area contributed by atoms with Gasteiger partial charge in [-0.25, -0.2) is 0 Å². The minimum atomic E-state index is -0.214. The molecule has 0 saturated carbocycles. The fraction of sp³-hybridized carbons (Fsp3) is 0.167. The van der Waals surface area contributed by atoms with E-state index in [9.17, 15) is 0 Å². The third kappa shape index (κ3) is 2.13. The fourth-order valence-electron chi connectivity index (χ4n) is 1.52. The lowest BCUT2D eigenvalue weighted by Crippen LogP contribution is -2.11. The van der Waals surface area contributed by atoms with Crippen molar-refractivity contribution in [1.29, 1.82) is 0 Å². The topological polar surface area (TPSA) is 39.2 Å². The Kier molecular flexibility index (Phi) is 2.93. The van der Waals surface area contributed by atoms with Gasteiger partial charge < -0.3 is 10.2 Å². The largest absolute Gasteiger partial charge is 0.467 e. The Hall–Kier alpha value is -1.06. The van der Waals surface area contributed by atoms with Gasteiger partial charge in [0, 0.05) is 4.47 Å². The predicted molar refractivity (Wildman–Crippen MR) is 63.6 cm³/mol. The molecular formula is C12H12BrNO. The highest BCUT2D eigenvalue weighted by Crippen LogP contribution is 2.27. The first-order valence-electron chi connectivity index (χ1n) is 4.73. The highest BCUT2D eigenvalue weighted by Gasteiger charge is 2.14. The van der Waals surface area contributed by atoms with Gasteiger partial charge in [0.1, 0.15) is 5.76 Å². The number of hydrogen-bond acceptors (Lipinski definition) is 2. The second-order valence-corrected chi connectivity index (χ2v) is 4.37. The first-order chi connectivity index (χ1) is 7.18. The number of hydrogen-bond donors (Lipinski definition) is 1. The van der Waals surface area contributed by atoms with Crippen LogP contribution in [0.4, 0.5) is 0 Å². The van der Waals surface area contributed by atoms with E-state index >= 15 is 0 Å². The lowest BCUT2D eigenvalue weighted by atomic mass is 10.0. The summed E-state index contributed by atoms with van der Waals surface area (Å²) >= 11 is 3.49. The van der Waals surface area contributed by atoms with Crippen LogP contribution in [0.3, 0.4) is 0 Å². The highest BCUT2D eigenvalue weighted by atomic mass is 79.9. The normalized spacial score (nSPS) is 12.7. The lowest BCUT2D eigenvalue weighted by molar-refractivity contribution is 0.489. The molecule has 1 unspecified atom stereocenters. The molecule has 15 heavy (non-hydrogen) atoms. The number of aryl methyl sites for hydroxylation is 1. The van der Waals surface area contributed by atoms with Crippen LogP contribution >= 0.6 is 15.9 Å². The fourth-order valence-corrected chi connectivity index (χ4v) is 2.02. The average Bonchev–Trinajstić information content (AvgIpc) is 2.74. The maximum Gasteiger partial charge on any atom is 0.125 e. The molecule has 0 spiro atoms. The van der Waals surface area contributed by atoms with Crippen molar-refractivity contribution in [3.63, 3.8) is 0 Å². The smallest absolute Gasteiger partial charge is 0.125 e. The highest BCUT2D eigenvalue weighted by molar-refractivity contribution is 9.10. The van der Waals surface area contributed by atoms with Gasteiger partial charge in [-0.1, -0.05) is 33.6 Å². The molecule has 1 atom stereocenters. The minimum absolute atomic E-state index is 0.214. The Morgan fingerprint density at radius 1 is 1.33 bits per heavy atom. The molecule has 0 fully saturated rings. The van der Waals surface area contributed by atoms with Gasteiger partial charge in [-0.2, -0.15) is 0 Å². The second kappa shape index (κ2) is 4.21. The van der Waals surface area contributed by atoms with Crippen LogP contribution in [0.5, 0.6) is 0 Å². The molecule has 2 nitrogen and oxygen atoms in total. The summed E-state index contributed by atoms with van der Waals surface area (Å²) in [6, 6.07) is 9.64. The van der Waals surface area contributed by atoms with E-state index < -0.39 is 0 Å². The van der Waals surface area contributed by atoms with Crippen LogP contribution < -0.4 is 5.73 Å². The van der Waals surface area contributed by atoms with Crippen molar-refractivity contribution in [3.05, 3.63) is 58.0 Å². The Bertz CT molecular complexity index is 451. The van der Waals surface area contributed by atoms with E-state index in [1.807, 2.05) is 31.2 Å². The van der Waals surface area contributed by atoms with E-state index in [0.29, 0.717) is 0 Å². The zero-order chi connectivity index (χ0) is 10.8. The molecule has 1 aromatic carbocycles. The summed E-state index contributed by atoms with van der Waals surface area (Å²) in [5, 5.41) is 0. The van der Waals surface area contributed by atoms with Gasteiger partial charge >= 0.3 is 0 Å². The summed E-state index contributed by atoms with van der Waals surface area (Å²) in [5.41, 5.74) is 8.34. The van der Waals surface area contributed by atoms with Crippen LogP contribution in [-0.2, 0) is 0 Å². The minimum Gasteiger partial charge on any atom is -0.467 e. The standard InChI is InChI=1S/C12H12BrNO/c1-8-4-5-10(13)9(7-8)12(14)11-3-2-6-15-11/h2-7,12H,14H2,1H3. The zero-order valence-corrected chi connectivity index (χ0v) is 9.99. The number of furan rings is 1. The third-order valence-corrected chi connectivity index (χ3v) is 3.06. The number of halogens is 1. The Morgan fingerprint density at radius 3 is 2.80 bits per heavy atom. The maximum absolute atomic E-state index is 6.11. The van der Waals surface area contributed by atoms with Crippen molar-refractivity contribution in [2.45, 2.75) is 13.0 Å². The second-order valence-electron chi connectivity index (χ2n) is 3.52. The van der Waals surface area contributed by atoms with Gasteiger partial charge in [0.25, 0.3) is 0 Å². The number of rotatable bonds is 2. The maximum atomic E-state index is 6.11. The molecule has 0 aliphatic rings. The third-order valence-electron chi connectivity index (χ3n) is 2.34. The van der Waals surface area contributed by atoms with Gasteiger partial charge in [0.2, 0.25) is 0 Å². The van der Waals surface area contributed by atoms with Crippen LogP contribution in [0.25, 0.3) is 0 Å². The SMILES string of the molecule is Cc1ccc(Br)c(C(N)c2ccco2)c1. The van der Waals surface area contributed by atoms with Crippen LogP contribution in [0.1, 0.15) is 22.9 Å². The summed E-state index contributed by atoms with van der Waals surface area (Å²) in [6.07, 6.45) is 1.64. The summed E-state index contributed by atoms with van der Waals surface area (Å²) in [4.78, 5) is 0. The first kappa shape index (κ1) is 10.5. The zero-order valence-electron chi connectivity index (χ0n) is 8.41. The van der Waals surface area contributed by atoms with E-state index in [2.05, 4.69) is 22.0 Å². The van der Waals surface area contributed by atoms with E-state index in [4.69, 9.17) is 10.2 Å². The van der Waals surface area contributed by atoms with E-state index in [1.165, 1.54) is 5.56 Å². The van der Waals surface area contributed by atoms with Crippen LogP contribution in [0.2, 0.25) is 0 Å². The Labute approximate surface area is 97.2 Å². The van der Waals surface area contributed by atoms with Crippen molar-refractivity contribution in [2.24, 2.45) is 5.73 Å². The lowest BCUT2D eigenvalue weighted by Gasteiger charge is -2.12. The van der Waals surface area contributed by atoms with E-state index in [0.717, 1.165) is 15.8 Å².